The van der Waals surface area contributed by atoms with E-state index in [0.29, 0.717) is 24.0 Å². The van der Waals surface area contributed by atoms with E-state index < -0.39 is 0 Å². The van der Waals surface area contributed by atoms with Crippen molar-refractivity contribution in [2.75, 3.05) is 23.7 Å². The summed E-state index contributed by atoms with van der Waals surface area (Å²) in [5.74, 6) is 0.179. The van der Waals surface area contributed by atoms with Gasteiger partial charge in [-0.2, -0.15) is 0 Å². The first kappa shape index (κ1) is 18.4. The van der Waals surface area contributed by atoms with Crippen molar-refractivity contribution < 1.29 is 9.59 Å². The molecule has 1 saturated heterocycles. The number of aryl methyl sites for hydroxylation is 1. The molecule has 0 spiro atoms. The second kappa shape index (κ2) is 7.93. The van der Waals surface area contributed by atoms with Gasteiger partial charge in [-0.05, 0) is 43.5 Å². The van der Waals surface area contributed by atoms with E-state index in [4.69, 9.17) is 0 Å². The number of piperidine rings is 1. The molecule has 1 fully saturated rings. The predicted molar refractivity (Wildman–Crippen MR) is 111 cm³/mol. The summed E-state index contributed by atoms with van der Waals surface area (Å²) < 4.78 is 1.03. The normalized spacial score (nSPS) is 16.8. The number of fused-ring (bicyclic) bond motifs is 1. The summed E-state index contributed by atoms with van der Waals surface area (Å²) in [5, 5.41) is 6.28. The van der Waals surface area contributed by atoms with Crippen LogP contribution in [0.5, 0.6) is 0 Å². The number of carbonyl (C=O) groups excluding carboxylic acids is 2. The van der Waals surface area contributed by atoms with E-state index in [-0.39, 0.29) is 17.9 Å². The lowest BCUT2D eigenvalue weighted by molar-refractivity contribution is -0.121. The number of amides is 3. The molecule has 1 aliphatic rings. The van der Waals surface area contributed by atoms with Gasteiger partial charge in [0.25, 0.3) is 0 Å². The molecule has 2 N–H and O–H groups in total. The van der Waals surface area contributed by atoms with Gasteiger partial charge < -0.3 is 10.2 Å². The van der Waals surface area contributed by atoms with Gasteiger partial charge in [0.1, 0.15) is 5.82 Å². The highest BCUT2D eigenvalue weighted by atomic mass is 32.1. The molecular weight excluding hydrogens is 374 g/mol. The van der Waals surface area contributed by atoms with E-state index in [1.165, 1.54) is 11.3 Å². The number of thiazole rings is 1. The average Bonchev–Trinajstić information content (AvgIpc) is 3.12. The van der Waals surface area contributed by atoms with E-state index >= 15 is 0 Å². The molecule has 0 bridgehead atoms. The number of anilines is 2. The Morgan fingerprint density at radius 3 is 2.82 bits per heavy atom. The topological polar surface area (TPSA) is 87.2 Å². The van der Waals surface area contributed by atoms with E-state index in [0.717, 1.165) is 28.6 Å². The number of urea groups is 1. The lowest BCUT2D eigenvalue weighted by Gasteiger charge is -2.31. The predicted octanol–water partition coefficient (Wildman–Crippen LogP) is 3.88. The molecule has 0 saturated carbocycles. The van der Waals surface area contributed by atoms with Crippen molar-refractivity contribution in [3.05, 3.63) is 48.2 Å². The minimum absolute atomic E-state index is 0.103. The molecule has 1 aliphatic heterocycles. The molecule has 8 heteroatoms. The molecule has 4 rings (SSSR count). The number of benzene rings is 1. The maximum atomic E-state index is 12.6. The van der Waals surface area contributed by atoms with Crippen molar-refractivity contribution in [1.82, 2.24) is 14.9 Å². The third-order valence-corrected chi connectivity index (χ3v) is 5.70. The first-order chi connectivity index (χ1) is 13.6. The fourth-order valence-corrected chi connectivity index (χ4v) is 4.10. The molecule has 3 aromatic rings. The molecule has 1 atom stereocenters. The van der Waals surface area contributed by atoms with Gasteiger partial charge in [-0.3, -0.25) is 10.1 Å². The molecule has 0 radical (unpaired) electrons. The van der Waals surface area contributed by atoms with Crippen molar-refractivity contribution in [1.29, 1.82) is 0 Å². The molecule has 7 nitrogen and oxygen atoms in total. The molecule has 1 aromatic carbocycles. The second-order valence-corrected chi connectivity index (χ2v) is 7.94. The van der Waals surface area contributed by atoms with Crippen LogP contribution in [0.1, 0.15) is 18.4 Å². The number of carbonyl (C=O) groups is 2. The summed E-state index contributed by atoms with van der Waals surface area (Å²) in [7, 11) is 0. The Labute approximate surface area is 166 Å². The van der Waals surface area contributed by atoms with Crippen LogP contribution in [0.25, 0.3) is 10.2 Å². The van der Waals surface area contributed by atoms with Gasteiger partial charge in [0.15, 0.2) is 5.13 Å². The molecule has 3 amide bonds. The number of rotatable bonds is 3. The summed E-state index contributed by atoms with van der Waals surface area (Å²) in [4.78, 5) is 35.6. The summed E-state index contributed by atoms with van der Waals surface area (Å²) in [6.45, 7) is 2.96. The molecule has 2 aromatic heterocycles. The van der Waals surface area contributed by atoms with Gasteiger partial charge in [0, 0.05) is 19.3 Å². The van der Waals surface area contributed by atoms with E-state index in [9.17, 15) is 9.59 Å². The van der Waals surface area contributed by atoms with Gasteiger partial charge in [0.05, 0.1) is 16.1 Å². The Hall–Kier alpha value is -3.00. The van der Waals surface area contributed by atoms with Crippen LogP contribution < -0.4 is 10.6 Å². The minimum Gasteiger partial charge on any atom is -0.324 e. The smallest absolute Gasteiger partial charge is 0.323 e. The summed E-state index contributed by atoms with van der Waals surface area (Å²) in [6.07, 6.45) is 3.25. The second-order valence-electron chi connectivity index (χ2n) is 6.91. The zero-order chi connectivity index (χ0) is 19.5. The maximum absolute atomic E-state index is 12.6. The Bertz CT molecular complexity index is 968. The standard InChI is InChI=1S/C20H21N5O2S/c1-13-8-9-17(21-11-13)23-18(26)14-5-4-10-25(12-14)20(27)24-19-22-15-6-2-3-7-16(15)28-19/h2-3,6-9,11,14H,4-5,10,12H2,1H3,(H,21,23,26)(H,22,24,27). The Morgan fingerprint density at radius 2 is 2.04 bits per heavy atom. The number of aromatic nitrogens is 2. The van der Waals surface area contributed by atoms with Gasteiger partial charge in [-0.25, -0.2) is 14.8 Å². The highest BCUT2D eigenvalue weighted by Gasteiger charge is 2.29. The molecule has 0 aliphatic carbocycles. The minimum atomic E-state index is -0.252. The number of nitrogens with zero attached hydrogens (tertiary/aromatic N) is 3. The quantitative estimate of drug-likeness (QED) is 0.704. The first-order valence-corrected chi connectivity index (χ1v) is 10.0. The van der Waals surface area contributed by atoms with Crippen LogP contribution in [0.15, 0.2) is 42.6 Å². The zero-order valence-corrected chi connectivity index (χ0v) is 16.3. The lowest BCUT2D eigenvalue weighted by atomic mass is 9.97. The van der Waals surface area contributed by atoms with Crippen LogP contribution >= 0.6 is 11.3 Å². The zero-order valence-electron chi connectivity index (χ0n) is 15.5. The van der Waals surface area contributed by atoms with Crippen LogP contribution in [0.4, 0.5) is 15.7 Å². The van der Waals surface area contributed by atoms with Crippen molar-refractivity contribution in [3.8, 4) is 0 Å². The summed E-state index contributed by atoms with van der Waals surface area (Å²) >= 11 is 1.44. The van der Waals surface area contributed by atoms with Gasteiger partial charge >= 0.3 is 6.03 Å². The highest BCUT2D eigenvalue weighted by molar-refractivity contribution is 7.22. The SMILES string of the molecule is Cc1ccc(NC(=O)C2CCCN(C(=O)Nc3nc4ccccc4s3)C2)nc1. The van der Waals surface area contributed by atoms with E-state index in [1.807, 2.05) is 37.3 Å². The van der Waals surface area contributed by atoms with Gasteiger partial charge in [-0.1, -0.05) is 29.5 Å². The van der Waals surface area contributed by atoms with E-state index in [1.54, 1.807) is 17.2 Å². The fourth-order valence-electron chi connectivity index (χ4n) is 3.24. The lowest BCUT2D eigenvalue weighted by Crippen LogP contribution is -2.45. The van der Waals surface area contributed by atoms with Crippen LogP contribution in [-0.2, 0) is 4.79 Å². The molecule has 28 heavy (non-hydrogen) atoms. The Kier molecular flexibility index (Phi) is 5.21. The Balaban J connectivity index is 1.37. The number of nitrogens with one attached hydrogen (secondary N) is 2. The highest BCUT2D eigenvalue weighted by Crippen LogP contribution is 2.26. The van der Waals surface area contributed by atoms with Crippen molar-refractivity contribution in [3.63, 3.8) is 0 Å². The monoisotopic (exact) mass is 395 g/mol. The van der Waals surface area contributed by atoms with Crippen molar-refractivity contribution in [2.45, 2.75) is 19.8 Å². The summed E-state index contributed by atoms with van der Waals surface area (Å²) in [5.41, 5.74) is 1.90. The molecular formula is C20H21N5O2S. The maximum Gasteiger partial charge on any atom is 0.323 e. The van der Waals surface area contributed by atoms with E-state index in [2.05, 4.69) is 20.6 Å². The van der Waals surface area contributed by atoms with Crippen LogP contribution in [-0.4, -0.2) is 39.9 Å². The molecule has 1 unspecified atom stereocenters. The van der Waals surface area contributed by atoms with Gasteiger partial charge in [-0.15, -0.1) is 0 Å². The first-order valence-electron chi connectivity index (χ1n) is 9.23. The van der Waals surface area contributed by atoms with Crippen molar-refractivity contribution in [2.24, 2.45) is 5.92 Å². The molecule has 3 heterocycles. The fraction of sp³-hybridized carbons (Fsp3) is 0.300. The third kappa shape index (κ3) is 4.12. The number of para-hydroxylation sites is 1. The number of likely N-dealkylation sites (tertiary alicyclic amines) is 1. The number of pyridine rings is 1. The average molecular weight is 395 g/mol. The van der Waals surface area contributed by atoms with Crippen LogP contribution in [0.2, 0.25) is 0 Å². The van der Waals surface area contributed by atoms with Crippen LogP contribution in [0, 0.1) is 12.8 Å². The third-order valence-electron chi connectivity index (χ3n) is 4.75. The Morgan fingerprint density at radius 1 is 1.18 bits per heavy atom. The largest absolute Gasteiger partial charge is 0.324 e. The van der Waals surface area contributed by atoms with Gasteiger partial charge in [0.2, 0.25) is 5.91 Å². The summed E-state index contributed by atoms with van der Waals surface area (Å²) in [6, 6.07) is 11.2. The van der Waals surface area contributed by atoms with Crippen LogP contribution in [0.3, 0.4) is 0 Å². The number of hydrogen-bond acceptors (Lipinski definition) is 5. The van der Waals surface area contributed by atoms with Crippen molar-refractivity contribution >= 4 is 44.4 Å². The number of hydrogen-bond donors (Lipinski definition) is 2. The molecule has 144 valence electrons.